The van der Waals surface area contributed by atoms with E-state index in [9.17, 15) is 4.79 Å². The van der Waals surface area contributed by atoms with Gasteiger partial charge in [0.2, 0.25) is 5.89 Å². The molecule has 0 aliphatic carbocycles. The summed E-state index contributed by atoms with van der Waals surface area (Å²) in [4.78, 5) is 19.2. The van der Waals surface area contributed by atoms with Crippen molar-refractivity contribution in [2.45, 2.75) is 51.5 Å². The molecule has 0 saturated carbocycles. The highest BCUT2D eigenvalue weighted by Gasteiger charge is 2.31. The van der Waals surface area contributed by atoms with Crippen LogP contribution in [0, 0.1) is 0 Å². The Balaban J connectivity index is 1.41. The number of carbonyl (C=O) groups excluding carboxylic acids is 1. The van der Waals surface area contributed by atoms with Gasteiger partial charge in [-0.1, -0.05) is 19.0 Å². The van der Waals surface area contributed by atoms with Crippen molar-refractivity contribution in [3.8, 4) is 0 Å². The molecule has 134 valence electrons. The molecule has 1 fully saturated rings. The van der Waals surface area contributed by atoms with Gasteiger partial charge in [0.15, 0.2) is 11.5 Å². The van der Waals surface area contributed by atoms with E-state index in [1.165, 1.54) is 0 Å². The molecule has 8 heteroatoms. The van der Waals surface area contributed by atoms with E-state index < -0.39 is 0 Å². The number of rotatable bonds is 3. The first kappa shape index (κ1) is 16.3. The lowest BCUT2D eigenvalue weighted by atomic mass is 9.96. The summed E-state index contributed by atoms with van der Waals surface area (Å²) in [5.74, 6) is 2.00. The van der Waals surface area contributed by atoms with Crippen LogP contribution >= 0.6 is 0 Å². The second kappa shape index (κ2) is 6.59. The SMILES string of the molecule is CC(C)c1noc(C2CCN(C(=O)c3n[nH]c4c3CCNC4)CC2)n1. The maximum Gasteiger partial charge on any atom is 0.274 e. The van der Waals surface area contributed by atoms with Crippen molar-refractivity contribution in [3.63, 3.8) is 0 Å². The Kier molecular flexibility index (Phi) is 4.29. The fraction of sp³-hybridized carbons (Fsp3) is 0.647. The maximum atomic E-state index is 12.8. The van der Waals surface area contributed by atoms with Crippen LogP contribution in [0.5, 0.6) is 0 Å². The molecule has 1 saturated heterocycles. The summed E-state index contributed by atoms with van der Waals surface area (Å²) < 4.78 is 5.42. The Bertz CT molecular complexity index is 757. The van der Waals surface area contributed by atoms with E-state index in [4.69, 9.17) is 4.52 Å². The topological polar surface area (TPSA) is 99.9 Å². The number of amides is 1. The fourth-order valence-corrected chi connectivity index (χ4v) is 3.55. The molecular weight excluding hydrogens is 320 g/mol. The number of aromatic nitrogens is 4. The van der Waals surface area contributed by atoms with Crippen LogP contribution in [0.2, 0.25) is 0 Å². The molecule has 2 aromatic heterocycles. The summed E-state index contributed by atoms with van der Waals surface area (Å²) in [5.41, 5.74) is 2.70. The number of hydrogen-bond donors (Lipinski definition) is 2. The number of likely N-dealkylation sites (tertiary alicyclic amines) is 1. The monoisotopic (exact) mass is 344 g/mol. The molecule has 2 aliphatic heterocycles. The third kappa shape index (κ3) is 3.06. The van der Waals surface area contributed by atoms with Crippen molar-refractivity contribution in [1.29, 1.82) is 0 Å². The number of fused-ring (bicyclic) bond motifs is 1. The van der Waals surface area contributed by atoms with E-state index in [0.717, 1.165) is 49.4 Å². The van der Waals surface area contributed by atoms with Crippen molar-refractivity contribution < 1.29 is 9.32 Å². The van der Waals surface area contributed by atoms with Crippen molar-refractivity contribution in [1.82, 2.24) is 30.6 Å². The summed E-state index contributed by atoms with van der Waals surface area (Å²) in [7, 11) is 0. The zero-order valence-corrected chi connectivity index (χ0v) is 14.7. The molecule has 2 aromatic rings. The summed E-state index contributed by atoms with van der Waals surface area (Å²) in [5, 5.41) is 14.6. The average molecular weight is 344 g/mol. The largest absolute Gasteiger partial charge is 0.339 e. The van der Waals surface area contributed by atoms with Gasteiger partial charge >= 0.3 is 0 Å². The van der Waals surface area contributed by atoms with Crippen LogP contribution in [-0.2, 0) is 13.0 Å². The van der Waals surface area contributed by atoms with Crippen LogP contribution in [0.3, 0.4) is 0 Å². The Morgan fingerprint density at radius 1 is 1.32 bits per heavy atom. The average Bonchev–Trinajstić information content (AvgIpc) is 3.29. The summed E-state index contributed by atoms with van der Waals surface area (Å²) in [6.07, 6.45) is 2.54. The number of piperidine rings is 1. The van der Waals surface area contributed by atoms with Crippen LogP contribution in [0.4, 0.5) is 0 Å². The van der Waals surface area contributed by atoms with Crippen molar-refractivity contribution in [2.75, 3.05) is 19.6 Å². The fourth-order valence-electron chi connectivity index (χ4n) is 3.55. The summed E-state index contributed by atoms with van der Waals surface area (Å²) in [6.45, 7) is 7.15. The third-order valence-corrected chi connectivity index (χ3v) is 5.11. The van der Waals surface area contributed by atoms with Crippen molar-refractivity contribution in [2.24, 2.45) is 0 Å². The number of aromatic amines is 1. The number of hydrogen-bond acceptors (Lipinski definition) is 6. The van der Waals surface area contributed by atoms with E-state index >= 15 is 0 Å². The Morgan fingerprint density at radius 3 is 2.84 bits per heavy atom. The Labute approximate surface area is 146 Å². The Morgan fingerprint density at radius 2 is 2.12 bits per heavy atom. The lowest BCUT2D eigenvalue weighted by Crippen LogP contribution is -2.39. The maximum absolute atomic E-state index is 12.8. The summed E-state index contributed by atoms with van der Waals surface area (Å²) >= 11 is 0. The zero-order valence-electron chi connectivity index (χ0n) is 14.7. The Hall–Kier alpha value is -2.22. The first-order chi connectivity index (χ1) is 12.1. The van der Waals surface area contributed by atoms with E-state index in [2.05, 4.69) is 39.5 Å². The first-order valence-electron chi connectivity index (χ1n) is 9.03. The molecule has 4 heterocycles. The quantitative estimate of drug-likeness (QED) is 0.877. The van der Waals surface area contributed by atoms with Gasteiger partial charge in [-0.2, -0.15) is 10.1 Å². The van der Waals surface area contributed by atoms with Crippen LogP contribution in [0.15, 0.2) is 4.52 Å². The van der Waals surface area contributed by atoms with Gasteiger partial charge in [-0.3, -0.25) is 9.89 Å². The third-order valence-electron chi connectivity index (χ3n) is 5.11. The predicted octanol–water partition coefficient (Wildman–Crippen LogP) is 1.58. The van der Waals surface area contributed by atoms with E-state index in [1.54, 1.807) is 0 Å². The number of nitrogens with one attached hydrogen (secondary N) is 2. The minimum Gasteiger partial charge on any atom is -0.339 e. The second-order valence-electron chi connectivity index (χ2n) is 7.17. The molecule has 0 spiro atoms. The molecule has 1 amide bonds. The normalized spacial score (nSPS) is 18.6. The molecule has 8 nitrogen and oxygen atoms in total. The molecule has 0 bridgehead atoms. The van der Waals surface area contributed by atoms with E-state index in [1.807, 2.05) is 4.90 Å². The molecular formula is C17H24N6O2. The molecule has 0 aromatic carbocycles. The molecule has 2 aliphatic rings. The lowest BCUT2D eigenvalue weighted by Gasteiger charge is -2.30. The van der Waals surface area contributed by atoms with Crippen LogP contribution in [0.1, 0.15) is 72.0 Å². The first-order valence-corrected chi connectivity index (χ1v) is 9.03. The second-order valence-corrected chi connectivity index (χ2v) is 7.17. The number of H-pyrrole nitrogens is 1. The number of carbonyl (C=O) groups is 1. The van der Waals surface area contributed by atoms with Crippen LogP contribution in [0.25, 0.3) is 0 Å². The van der Waals surface area contributed by atoms with Gasteiger partial charge in [-0.05, 0) is 25.8 Å². The van der Waals surface area contributed by atoms with Crippen LogP contribution in [-0.4, -0.2) is 50.8 Å². The van der Waals surface area contributed by atoms with Crippen LogP contribution < -0.4 is 5.32 Å². The molecule has 0 atom stereocenters. The molecule has 0 unspecified atom stereocenters. The van der Waals surface area contributed by atoms with Gasteiger partial charge in [0, 0.05) is 37.0 Å². The summed E-state index contributed by atoms with van der Waals surface area (Å²) in [6, 6.07) is 0. The smallest absolute Gasteiger partial charge is 0.274 e. The minimum absolute atomic E-state index is 0.0336. The predicted molar refractivity (Wildman–Crippen MR) is 90.3 cm³/mol. The van der Waals surface area contributed by atoms with Gasteiger partial charge in [0.25, 0.3) is 5.91 Å². The van der Waals surface area contributed by atoms with Gasteiger partial charge in [0.05, 0.1) is 5.69 Å². The highest BCUT2D eigenvalue weighted by molar-refractivity contribution is 5.94. The minimum atomic E-state index is 0.0336. The molecule has 4 rings (SSSR count). The molecule has 2 N–H and O–H groups in total. The lowest BCUT2D eigenvalue weighted by molar-refractivity contribution is 0.0697. The van der Waals surface area contributed by atoms with Gasteiger partial charge in [0.1, 0.15) is 0 Å². The zero-order chi connectivity index (χ0) is 17.4. The molecule has 0 radical (unpaired) electrons. The van der Waals surface area contributed by atoms with Gasteiger partial charge in [-0.25, -0.2) is 0 Å². The number of nitrogens with zero attached hydrogens (tertiary/aromatic N) is 4. The van der Waals surface area contributed by atoms with E-state index in [-0.39, 0.29) is 17.7 Å². The highest BCUT2D eigenvalue weighted by atomic mass is 16.5. The highest BCUT2D eigenvalue weighted by Crippen LogP contribution is 2.29. The van der Waals surface area contributed by atoms with Crippen molar-refractivity contribution in [3.05, 3.63) is 28.7 Å². The van der Waals surface area contributed by atoms with Gasteiger partial charge in [-0.15, -0.1) is 0 Å². The standard InChI is InChI=1S/C17H24N6O2/c1-10(2)15-19-16(25-22-15)11-4-7-23(8-5-11)17(24)14-12-3-6-18-9-13(12)20-21-14/h10-11,18H,3-9H2,1-2H3,(H,20,21). The van der Waals surface area contributed by atoms with Crippen molar-refractivity contribution >= 4 is 5.91 Å². The molecule has 25 heavy (non-hydrogen) atoms. The van der Waals surface area contributed by atoms with Gasteiger partial charge < -0.3 is 14.7 Å². The van der Waals surface area contributed by atoms with E-state index in [0.29, 0.717) is 24.7 Å².